The maximum Gasteiger partial charge on any atom is 0.0505 e. The zero-order chi connectivity index (χ0) is 12.8. The third kappa shape index (κ3) is 2.27. The van der Waals surface area contributed by atoms with E-state index >= 15 is 0 Å². The number of hydrogen-bond donors (Lipinski definition) is 1. The van der Waals surface area contributed by atoms with Gasteiger partial charge in [-0.05, 0) is 67.3 Å². The van der Waals surface area contributed by atoms with Gasteiger partial charge in [-0.3, -0.25) is 0 Å². The Labute approximate surface area is 123 Å². The van der Waals surface area contributed by atoms with Crippen LogP contribution in [0.25, 0.3) is 0 Å². The van der Waals surface area contributed by atoms with Gasteiger partial charge in [0, 0.05) is 28.2 Å². The van der Waals surface area contributed by atoms with E-state index in [0.29, 0.717) is 11.6 Å². The Morgan fingerprint density at radius 1 is 1.33 bits per heavy atom. The predicted molar refractivity (Wildman–Crippen MR) is 85.1 cm³/mol. The highest BCUT2D eigenvalue weighted by Crippen LogP contribution is 2.42. The quantitative estimate of drug-likeness (QED) is 0.819. The summed E-state index contributed by atoms with van der Waals surface area (Å²) < 4.78 is 1.36. The average molecular weight is 356 g/mol. The SMILES string of the molecule is CC1CNC(C)(C2CC2)CN1c1ccccc1I. The van der Waals surface area contributed by atoms with Gasteiger partial charge < -0.3 is 10.2 Å². The van der Waals surface area contributed by atoms with Gasteiger partial charge in [0.15, 0.2) is 0 Å². The molecule has 1 aliphatic carbocycles. The Morgan fingerprint density at radius 2 is 2.06 bits per heavy atom. The summed E-state index contributed by atoms with van der Waals surface area (Å²) in [5, 5.41) is 3.78. The van der Waals surface area contributed by atoms with E-state index in [1.807, 2.05) is 0 Å². The van der Waals surface area contributed by atoms with E-state index in [0.717, 1.165) is 19.0 Å². The molecule has 98 valence electrons. The van der Waals surface area contributed by atoms with Gasteiger partial charge in [-0.2, -0.15) is 0 Å². The van der Waals surface area contributed by atoms with Crippen molar-refractivity contribution in [2.24, 2.45) is 5.92 Å². The minimum atomic E-state index is 0.311. The molecule has 18 heavy (non-hydrogen) atoms. The fraction of sp³-hybridized carbons (Fsp3) is 0.600. The molecular formula is C15H21IN2. The molecule has 3 rings (SSSR count). The highest BCUT2D eigenvalue weighted by molar-refractivity contribution is 14.1. The molecule has 0 spiro atoms. The zero-order valence-corrected chi connectivity index (χ0v) is 13.3. The molecule has 0 amide bonds. The maximum absolute atomic E-state index is 3.78. The molecule has 2 nitrogen and oxygen atoms in total. The third-order valence-corrected chi connectivity index (χ3v) is 5.38. The summed E-state index contributed by atoms with van der Waals surface area (Å²) in [6.07, 6.45) is 2.80. The molecule has 2 aliphatic rings. The number of halogens is 1. The van der Waals surface area contributed by atoms with Gasteiger partial charge in [-0.15, -0.1) is 0 Å². The normalized spacial score (nSPS) is 32.6. The van der Waals surface area contributed by atoms with Crippen LogP contribution in [0.15, 0.2) is 24.3 Å². The second-order valence-electron chi connectivity index (χ2n) is 6.00. The molecule has 3 heteroatoms. The van der Waals surface area contributed by atoms with Gasteiger partial charge in [0.05, 0.1) is 5.69 Å². The number of nitrogens with zero attached hydrogens (tertiary/aromatic N) is 1. The van der Waals surface area contributed by atoms with Crippen LogP contribution in [-0.4, -0.2) is 24.7 Å². The second kappa shape index (κ2) is 4.67. The van der Waals surface area contributed by atoms with Crippen LogP contribution in [0, 0.1) is 9.49 Å². The van der Waals surface area contributed by atoms with Crippen LogP contribution in [0.1, 0.15) is 26.7 Å². The van der Waals surface area contributed by atoms with Crippen LogP contribution in [0.4, 0.5) is 5.69 Å². The molecule has 1 aliphatic heterocycles. The lowest BCUT2D eigenvalue weighted by atomic mass is 9.91. The van der Waals surface area contributed by atoms with Crippen molar-refractivity contribution in [1.82, 2.24) is 5.32 Å². The van der Waals surface area contributed by atoms with Gasteiger partial charge in [-0.1, -0.05) is 12.1 Å². The Balaban J connectivity index is 1.87. The fourth-order valence-corrected chi connectivity index (χ4v) is 3.76. The standard InChI is InChI=1S/C15H21IN2/c1-11-9-17-15(2,12-7-8-12)10-18(11)14-6-4-3-5-13(14)16/h3-6,11-12,17H,7-10H2,1-2H3. The fourth-order valence-electron chi connectivity index (χ4n) is 3.06. The summed E-state index contributed by atoms with van der Waals surface area (Å²) in [7, 11) is 0. The first-order valence-electron chi connectivity index (χ1n) is 6.86. The molecule has 1 aromatic rings. The molecule has 2 atom stereocenters. The maximum atomic E-state index is 3.78. The van der Waals surface area contributed by atoms with Gasteiger partial charge in [-0.25, -0.2) is 0 Å². The van der Waals surface area contributed by atoms with E-state index in [-0.39, 0.29) is 0 Å². The van der Waals surface area contributed by atoms with Crippen LogP contribution in [0.3, 0.4) is 0 Å². The lowest BCUT2D eigenvalue weighted by molar-refractivity contribution is 0.260. The summed E-state index contributed by atoms with van der Waals surface area (Å²) in [6, 6.07) is 9.32. The summed E-state index contributed by atoms with van der Waals surface area (Å²) in [5.74, 6) is 0.883. The highest BCUT2D eigenvalue weighted by atomic mass is 127. The van der Waals surface area contributed by atoms with E-state index in [2.05, 4.69) is 70.9 Å². The first-order valence-corrected chi connectivity index (χ1v) is 7.94. The van der Waals surface area contributed by atoms with E-state index in [1.54, 1.807) is 0 Å². The summed E-state index contributed by atoms with van der Waals surface area (Å²) in [6.45, 7) is 6.96. The zero-order valence-electron chi connectivity index (χ0n) is 11.1. The van der Waals surface area contributed by atoms with Crippen LogP contribution < -0.4 is 10.2 Å². The second-order valence-corrected chi connectivity index (χ2v) is 7.16. The van der Waals surface area contributed by atoms with Crippen molar-refractivity contribution in [2.45, 2.75) is 38.3 Å². The topological polar surface area (TPSA) is 15.3 Å². The molecule has 1 aromatic carbocycles. The first-order chi connectivity index (χ1) is 8.60. The molecule has 2 unspecified atom stereocenters. The van der Waals surface area contributed by atoms with Crippen molar-refractivity contribution in [1.29, 1.82) is 0 Å². The number of nitrogens with one attached hydrogen (secondary N) is 1. The van der Waals surface area contributed by atoms with E-state index in [4.69, 9.17) is 0 Å². The lowest BCUT2D eigenvalue weighted by Gasteiger charge is -2.47. The lowest BCUT2D eigenvalue weighted by Crippen LogP contribution is -2.63. The number of piperazine rings is 1. The van der Waals surface area contributed by atoms with Crippen LogP contribution >= 0.6 is 22.6 Å². The van der Waals surface area contributed by atoms with Crippen molar-refractivity contribution in [3.05, 3.63) is 27.8 Å². The van der Waals surface area contributed by atoms with Gasteiger partial charge >= 0.3 is 0 Å². The summed E-state index contributed by atoms with van der Waals surface area (Å²) in [4.78, 5) is 2.59. The summed E-state index contributed by atoms with van der Waals surface area (Å²) in [5.41, 5.74) is 1.71. The Morgan fingerprint density at radius 3 is 2.72 bits per heavy atom. The van der Waals surface area contributed by atoms with E-state index in [9.17, 15) is 0 Å². The van der Waals surface area contributed by atoms with Crippen molar-refractivity contribution in [3.8, 4) is 0 Å². The van der Waals surface area contributed by atoms with Crippen molar-refractivity contribution >= 4 is 28.3 Å². The van der Waals surface area contributed by atoms with Crippen LogP contribution in [0.5, 0.6) is 0 Å². The number of benzene rings is 1. The monoisotopic (exact) mass is 356 g/mol. The van der Waals surface area contributed by atoms with E-state index in [1.165, 1.54) is 22.1 Å². The molecule has 0 radical (unpaired) electrons. The number of anilines is 1. The van der Waals surface area contributed by atoms with Gasteiger partial charge in [0.2, 0.25) is 0 Å². The van der Waals surface area contributed by atoms with Crippen LogP contribution in [-0.2, 0) is 0 Å². The van der Waals surface area contributed by atoms with E-state index < -0.39 is 0 Å². The smallest absolute Gasteiger partial charge is 0.0505 e. The number of rotatable bonds is 2. The highest BCUT2D eigenvalue weighted by Gasteiger charge is 2.45. The number of hydrogen-bond acceptors (Lipinski definition) is 2. The molecule has 2 fully saturated rings. The van der Waals surface area contributed by atoms with Crippen molar-refractivity contribution < 1.29 is 0 Å². The molecule has 1 N–H and O–H groups in total. The molecule has 0 aromatic heterocycles. The Bertz CT molecular complexity index is 444. The predicted octanol–water partition coefficient (Wildman–Crippen LogP) is 3.26. The Hall–Kier alpha value is -0.290. The molecule has 1 saturated carbocycles. The van der Waals surface area contributed by atoms with Crippen molar-refractivity contribution in [3.63, 3.8) is 0 Å². The molecule has 1 saturated heterocycles. The van der Waals surface area contributed by atoms with Crippen LogP contribution in [0.2, 0.25) is 0 Å². The van der Waals surface area contributed by atoms with Gasteiger partial charge in [0.1, 0.15) is 0 Å². The summed E-state index contributed by atoms with van der Waals surface area (Å²) >= 11 is 2.46. The van der Waals surface area contributed by atoms with Crippen molar-refractivity contribution in [2.75, 3.05) is 18.0 Å². The largest absolute Gasteiger partial charge is 0.365 e. The van der Waals surface area contributed by atoms with Gasteiger partial charge in [0.25, 0.3) is 0 Å². The minimum Gasteiger partial charge on any atom is -0.365 e. The average Bonchev–Trinajstić information content (AvgIpc) is 3.18. The molecule has 0 bridgehead atoms. The number of para-hydroxylation sites is 1. The Kier molecular flexibility index (Phi) is 3.30. The first kappa shape index (κ1) is 12.7. The molecular weight excluding hydrogens is 335 g/mol. The molecule has 1 heterocycles. The minimum absolute atomic E-state index is 0.311. The third-order valence-electron chi connectivity index (χ3n) is 4.47.